The van der Waals surface area contributed by atoms with Crippen molar-refractivity contribution in [2.24, 2.45) is 0 Å². The fourth-order valence-electron chi connectivity index (χ4n) is 2.51. The van der Waals surface area contributed by atoms with E-state index in [9.17, 15) is 0 Å². The topological polar surface area (TPSA) is 74.1 Å². The molecule has 7 nitrogen and oxygen atoms in total. The predicted molar refractivity (Wildman–Crippen MR) is 106 cm³/mol. The van der Waals surface area contributed by atoms with Crippen LogP contribution in [0.2, 0.25) is 0 Å². The van der Waals surface area contributed by atoms with Gasteiger partial charge in [-0.25, -0.2) is 0 Å². The third-order valence-electron chi connectivity index (χ3n) is 3.91. The smallest absolute Gasteiger partial charge is 0.346 e. The lowest BCUT2D eigenvalue weighted by atomic mass is 10.2. The number of para-hydroxylation sites is 1. The molecule has 1 N–H and O–H groups in total. The van der Waals surface area contributed by atoms with Crippen LogP contribution < -0.4 is 14.8 Å². The molecule has 0 fully saturated rings. The quantitative estimate of drug-likeness (QED) is 0.561. The molecule has 8 heteroatoms. The van der Waals surface area contributed by atoms with Crippen molar-refractivity contribution in [1.82, 2.24) is 25.5 Å². The van der Waals surface area contributed by atoms with Crippen molar-refractivity contribution in [2.75, 3.05) is 13.7 Å². The van der Waals surface area contributed by atoms with E-state index in [0.29, 0.717) is 11.5 Å². The van der Waals surface area contributed by atoms with Crippen LogP contribution in [0.1, 0.15) is 25.3 Å². The number of hydrogen-bond donors (Lipinski definition) is 1. The van der Waals surface area contributed by atoms with Gasteiger partial charge in [-0.1, -0.05) is 42.7 Å². The monoisotopic (exact) mass is 389 g/mol. The minimum Gasteiger partial charge on any atom is -0.493 e. The summed E-state index contributed by atoms with van der Waals surface area (Å²) < 4.78 is 12.9. The van der Waals surface area contributed by atoms with E-state index in [-0.39, 0.29) is 18.4 Å². The molecular formula is C19H24ClN5O2. The van der Waals surface area contributed by atoms with Crippen LogP contribution in [-0.2, 0) is 6.54 Å². The zero-order valence-electron chi connectivity index (χ0n) is 15.5. The highest BCUT2D eigenvalue weighted by Crippen LogP contribution is 2.32. The molecule has 0 saturated carbocycles. The molecule has 0 aliphatic carbocycles. The van der Waals surface area contributed by atoms with E-state index in [1.165, 1.54) is 12.8 Å². The lowest BCUT2D eigenvalue weighted by Gasteiger charge is -2.12. The maximum atomic E-state index is 5.91. The highest BCUT2D eigenvalue weighted by atomic mass is 35.5. The van der Waals surface area contributed by atoms with Crippen LogP contribution >= 0.6 is 12.4 Å². The van der Waals surface area contributed by atoms with Crippen molar-refractivity contribution in [2.45, 2.75) is 26.3 Å². The number of methoxy groups -OCH3 is 1. The summed E-state index contributed by atoms with van der Waals surface area (Å²) in [7, 11) is 1.62. The Morgan fingerprint density at radius 3 is 2.63 bits per heavy atom. The largest absolute Gasteiger partial charge is 0.493 e. The number of ether oxygens (including phenoxy) is 2. The molecule has 144 valence electrons. The Morgan fingerprint density at radius 1 is 1.07 bits per heavy atom. The Labute approximate surface area is 165 Å². The average Bonchev–Trinajstić information content (AvgIpc) is 3.15. The van der Waals surface area contributed by atoms with E-state index in [1.807, 2.05) is 48.5 Å². The number of hydrogen-bond acceptors (Lipinski definition) is 6. The highest BCUT2D eigenvalue weighted by molar-refractivity contribution is 5.85. The summed E-state index contributed by atoms with van der Waals surface area (Å²) in [4.78, 5) is 0. The van der Waals surface area contributed by atoms with Gasteiger partial charge in [0, 0.05) is 6.54 Å². The van der Waals surface area contributed by atoms with Crippen LogP contribution in [0.4, 0.5) is 0 Å². The molecule has 3 rings (SSSR count). The molecule has 2 aromatic carbocycles. The molecule has 0 unspecified atom stereocenters. The average molecular weight is 390 g/mol. The summed E-state index contributed by atoms with van der Waals surface area (Å²) in [5.74, 6) is 1.21. The molecular weight excluding hydrogens is 366 g/mol. The number of nitrogens with one attached hydrogen (secondary N) is 1. The second-order valence-electron chi connectivity index (χ2n) is 5.83. The molecule has 0 aliphatic heterocycles. The molecule has 3 aromatic rings. The third-order valence-corrected chi connectivity index (χ3v) is 3.91. The van der Waals surface area contributed by atoms with Gasteiger partial charge in [0.15, 0.2) is 11.5 Å². The Kier molecular flexibility index (Phi) is 8.03. The zero-order valence-corrected chi connectivity index (χ0v) is 16.3. The molecule has 0 saturated heterocycles. The molecule has 27 heavy (non-hydrogen) atoms. The fraction of sp³-hybridized carbons (Fsp3) is 0.316. The fourth-order valence-corrected chi connectivity index (χ4v) is 2.51. The van der Waals surface area contributed by atoms with E-state index >= 15 is 0 Å². The van der Waals surface area contributed by atoms with Crippen molar-refractivity contribution in [3.63, 3.8) is 0 Å². The van der Waals surface area contributed by atoms with Gasteiger partial charge in [-0.3, -0.25) is 0 Å². The molecule has 1 aromatic heterocycles. The molecule has 0 atom stereocenters. The van der Waals surface area contributed by atoms with Crippen LogP contribution in [0.5, 0.6) is 17.5 Å². The lowest BCUT2D eigenvalue weighted by molar-refractivity contribution is 0.362. The van der Waals surface area contributed by atoms with Crippen molar-refractivity contribution in [1.29, 1.82) is 0 Å². The standard InChI is InChI=1S/C19H23N5O2.ClH/c1-3-4-12-20-14-15-10-11-17(18(13-15)25-2)26-19-21-22-23-24(19)16-8-6-5-7-9-16;/h5-11,13,20H,3-4,12,14H2,1-2H3;1H. The Hall–Kier alpha value is -2.64. The van der Waals surface area contributed by atoms with Crippen LogP contribution in [0.15, 0.2) is 48.5 Å². The zero-order chi connectivity index (χ0) is 18.2. The maximum Gasteiger partial charge on any atom is 0.346 e. The Balaban J connectivity index is 0.00000261. The number of aromatic nitrogens is 4. The molecule has 0 aliphatic rings. The number of unbranched alkanes of at least 4 members (excludes halogenated alkanes) is 1. The number of benzene rings is 2. The molecule has 0 spiro atoms. The first-order valence-electron chi connectivity index (χ1n) is 8.71. The normalized spacial score (nSPS) is 10.3. The summed E-state index contributed by atoms with van der Waals surface area (Å²) in [5.41, 5.74) is 1.95. The van der Waals surface area contributed by atoms with E-state index in [4.69, 9.17) is 9.47 Å². The van der Waals surface area contributed by atoms with E-state index in [2.05, 4.69) is 27.8 Å². The van der Waals surface area contributed by atoms with Crippen molar-refractivity contribution in [3.8, 4) is 23.2 Å². The number of tetrazole rings is 1. The second kappa shape index (κ2) is 10.5. The van der Waals surface area contributed by atoms with Gasteiger partial charge in [0.05, 0.1) is 12.8 Å². The summed E-state index contributed by atoms with van der Waals surface area (Å²) in [5, 5.41) is 15.1. The van der Waals surface area contributed by atoms with Crippen LogP contribution in [0, 0.1) is 0 Å². The summed E-state index contributed by atoms with van der Waals surface area (Å²) in [6.07, 6.45) is 2.35. The first kappa shape index (κ1) is 20.7. The third kappa shape index (κ3) is 5.42. The van der Waals surface area contributed by atoms with Crippen molar-refractivity contribution < 1.29 is 9.47 Å². The first-order chi connectivity index (χ1) is 12.8. The van der Waals surface area contributed by atoms with Crippen molar-refractivity contribution in [3.05, 3.63) is 54.1 Å². The van der Waals surface area contributed by atoms with Crippen molar-refractivity contribution >= 4 is 12.4 Å². The van der Waals surface area contributed by atoms with Gasteiger partial charge in [0.2, 0.25) is 0 Å². The summed E-state index contributed by atoms with van der Waals surface area (Å²) in [6, 6.07) is 15.7. The van der Waals surface area contributed by atoms with Gasteiger partial charge in [0.25, 0.3) is 0 Å². The molecule has 0 radical (unpaired) electrons. The summed E-state index contributed by atoms with van der Waals surface area (Å²) in [6.45, 7) is 3.97. The van der Waals surface area contributed by atoms with Crippen LogP contribution in [0.3, 0.4) is 0 Å². The van der Waals surface area contributed by atoms with Gasteiger partial charge in [-0.05, 0) is 53.2 Å². The molecule has 0 bridgehead atoms. The van der Waals surface area contributed by atoms with E-state index in [1.54, 1.807) is 11.8 Å². The molecule has 0 amide bonds. The minimum absolute atomic E-state index is 0. The highest BCUT2D eigenvalue weighted by Gasteiger charge is 2.14. The van der Waals surface area contributed by atoms with Gasteiger partial charge in [-0.2, -0.15) is 4.68 Å². The van der Waals surface area contributed by atoms with Gasteiger partial charge in [-0.15, -0.1) is 12.4 Å². The first-order valence-corrected chi connectivity index (χ1v) is 8.71. The number of nitrogens with zero attached hydrogens (tertiary/aromatic N) is 4. The van der Waals surface area contributed by atoms with Gasteiger partial charge < -0.3 is 14.8 Å². The van der Waals surface area contributed by atoms with Gasteiger partial charge >= 0.3 is 6.01 Å². The second-order valence-corrected chi connectivity index (χ2v) is 5.83. The number of rotatable bonds is 9. The molecule has 1 heterocycles. The van der Waals surface area contributed by atoms with Crippen LogP contribution in [-0.4, -0.2) is 33.9 Å². The van der Waals surface area contributed by atoms with Gasteiger partial charge in [0.1, 0.15) is 0 Å². The minimum atomic E-state index is 0. The van der Waals surface area contributed by atoms with E-state index in [0.717, 1.165) is 24.3 Å². The summed E-state index contributed by atoms with van der Waals surface area (Å²) >= 11 is 0. The Bertz CT molecular complexity index is 826. The predicted octanol–water partition coefficient (Wildman–Crippen LogP) is 3.77. The number of halogens is 1. The maximum absolute atomic E-state index is 5.91. The van der Waals surface area contributed by atoms with E-state index < -0.39 is 0 Å². The SMILES string of the molecule is CCCCNCc1ccc(Oc2nnnn2-c2ccccc2)c(OC)c1.Cl. The lowest BCUT2D eigenvalue weighted by Crippen LogP contribution is -2.14. The Morgan fingerprint density at radius 2 is 1.89 bits per heavy atom. The van der Waals surface area contributed by atoms with Crippen LogP contribution in [0.25, 0.3) is 5.69 Å².